The number of ether oxygens (including phenoxy) is 2. The summed E-state index contributed by atoms with van der Waals surface area (Å²) in [7, 11) is 0. The van der Waals surface area contributed by atoms with Gasteiger partial charge in [0.1, 0.15) is 5.82 Å². The normalized spacial score (nSPS) is 19.4. The zero-order valence-corrected chi connectivity index (χ0v) is 15.7. The lowest BCUT2D eigenvalue weighted by Crippen LogP contribution is -2.06. The van der Waals surface area contributed by atoms with Crippen molar-refractivity contribution in [1.82, 2.24) is 0 Å². The second kappa shape index (κ2) is 8.79. The van der Waals surface area contributed by atoms with Gasteiger partial charge in [-0.3, -0.25) is 0 Å². The van der Waals surface area contributed by atoms with Crippen molar-refractivity contribution in [2.45, 2.75) is 58.2 Å². The fourth-order valence-electron chi connectivity index (χ4n) is 3.38. The monoisotopic (exact) mass is 378 g/mol. The number of halogens is 3. The Morgan fingerprint density at radius 1 is 1.04 bits per heavy atom. The van der Waals surface area contributed by atoms with Gasteiger partial charge in [-0.25, -0.2) is 8.78 Å². The number of hydrogen-bond donors (Lipinski definition) is 0. The molecule has 1 saturated heterocycles. The van der Waals surface area contributed by atoms with Gasteiger partial charge in [-0.1, -0.05) is 32.4 Å². The van der Waals surface area contributed by atoms with Gasteiger partial charge in [-0.15, -0.1) is 0 Å². The van der Waals surface area contributed by atoms with Crippen molar-refractivity contribution >= 4 is 0 Å². The molecule has 2 aromatic carbocycles. The van der Waals surface area contributed by atoms with E-state index in [4.69, 9.17) is 9.47 Å². The van der Waals surface area contributed by atoms with Crippen molar-refractivity contribution in [2.24, 2.45) is 0 Å². The van der Waals surface area contributed by atoms with Crippen LogP contribution in [0.1, 0.15) is 57.6 Å². The minimum atomic E-state index is -1.04. The lowest BCUT2D eigenvalue weighted by atomic mass is 9.99. The third-order valence-electron chi connectivity index (χ3n) is 5.02. The molecular formula is C22H25F3O2. The molecule has 27 heavy (non-hydrogen) atoms. The minimum absolute atomic E-state index is 0.0135. The zero-order valence-electron chi connectivity index (χ0n) is 15.7. The minimum Gasteiger partial charge on any atom is -0.490 e. The maximum Gasteiger partial charge on any atom is 0.201 e. The van der Waals surface area contributed by atoms with Crippen molar-refractivity contribution in [1.29, 1.82) is 0 Å². The predicted molar refractivity (Wildman–Crippen MR) is 99.3 cm³/mol. The van der Waals surface area contributed by atoms with Crippen LogP contribution in [0.5, 0.6) is 5.75 Å². The van der Waals surface area contributed by atoms with E-state index in [2.05, 4.69) is 0 Å². The van der Waals surface area contributed by atoms with E-state index in [1.165, 1.54) is 18.2 Å². The van der Waals surface area contributed by atoms with Crippen LogP contribution in [0.25, 0.3) is 11.1 Å². The molecule has 146 valence electrons. The summed E-state index contributed by atoms with van der Waals surface area (Å²) in [6.45, 7) is 4.36. The lowest BCUT2D eigenvalue weighted by molar-refractivity contribution is 0.0409. The molecule has 0 aliphatic carbocycles. The van der Waals surface area contributed by atoms with E-state index in [1.807, 2.05) is 13.8 Å². The Kier molecular flexibility index (Phi) is 6.42. The van der Waals surface area contributed by atoms with E-state index in [0.717, 1.165) is 32.1 Å². The summed E-state index contributed by atoms with van der Waals surface area (Å²) in [5, 5.41) is 0. The first-order valence-electron chi connectivity index (χ1n) is 9.61. The zero-order chi connectivity index (χ0) is 19.4. The van der Waals surface area contributed by atoms with E-state index < -0.39 is 17.5 Å². The summed E-state index contributed by atoms with van der Waals surface area (Å²) >= 11 is 0. The van der Waals surface area contributed by atoms with Gasteiger partial charge in [-0.2, -0.15) is 4.39 Å². The molecule has 2 aromatic rings. The summed E-state index contributed by atoms with van der Waals surface area (Å²) in [6.07, 6.45) is 4.10. The Balaban J connectivity index is 1.82. The third-order valence-corrected chi connectivity index (χ3v) is 5.02. The molecule has 0 radical (unpaired) electrons. The molecule has 2 atom stereocenters. The summed E-state index contributed by atoms with van der Waals surface area (Å²) in [5.74, 6) is -2.65. The highest BCUT2D eigenvalue weighted by molar-refractivity contribution is 5.66. The highest BCUT2D eigenvalue weighted by Crippen LogP contribution is 2.37. The molecule has 2 nitrogen and oxygen atoms in total. The molecule has 0 N–H and O–H groups in total. The third kappa shape index (κ3) is 4.29. The van der Waals surface area contributed by atoms with Crippen molar-refractivity contribution in [3.8, 4) is 16.9 Å². The smallest absolute Gasteiger partial charge is 0.201 e. The van der Waals surface area contributed by atoms with Crippen molar-refractivity contribution < 1.29 is 22.6 Å². The first-order chi connectivity index (χ1) is 13.0. The van der Waals surface area contributed by atoms with Crippen LogP contribution in [0.15, 0.2) is 30.3 Å². The van der Waals surface area contributed by atoms with Crippen LogP contribution >= 0.6 is 0 Å². The van der Waals surface area contributed by atoms with Crippen LogP contribution in [0.2, 0.25) is 0 Å². The average Bonchev–Trinajstić information content (AvgIpc) is 3.14. The van der Waals surface area contributed by atoms with Gasteiger partial charge in [0.2, 0.25) is 5.82 Å². The highest BCUT2D eigenvalue weighted by atomic mass is 19.2. The van der Waals surface area contributed by atoms with E-state index >= 15 is 0 Å². The first kappa shape index (κ1) is 19.7. The van der Waals surface area contributed by atoms with Gasteiger partial charge in [0.05, 0.1) is 18.8 Å². The van der Waals surface area contributed by atoms with Crippen LogP contribution in [0.4, 0.5) is 13.2 Å². The molecule has 0 amide bonds. The van der Waals surface area contributed by atoms with E-state index in [0.29, 0.717) is 12.2 Å². The van der Waals surface area contributed by atoms with Gasteiger partial charge in [0, 0.05) is 11.1 Å². The number of benzene rings is 2. The molecule has 1 fully saturated rings. The van der Waals surface area contributed by atoms with Crippen LogP contribution < -0.4 is 4.74 Å². The van der Waals surface area contributed by atoms with Crippen molar-refractivity contribution in [3.63, 3.8) is 0 Å². The molecule has 1 aliphatic rings. The molecule has 3 rings (SSSR count). The fourth-order valence-corrected chi connectivity index (χ4v) is 3.38. The molecule has 0 aromatic heterocycles. The Morgan fingerprint density at radius 2 is 1.85 bits per heavy atom. The number of rotatable bonds is 7. The predicted octanol–water partition coefficient (Wildman–Crippen LogP) is 6.58. The second-order valence-electron chi connectivity index (χ2n) is 6.91. The van der Waals surface area contributed by atoms with Crippen LogP contribution in [0, 0.1) is 17.5 Å². The summed E-state index contributed by atoms with van der Waals surface area (Å²) in [4.78, 5) is 0. The molecule has 2 unspecified atom stereocenters. The van der Waals surface area contributed by atoms with Crippen LogP contribution in [-0.4, -0.2) is 12.7 Å². The molecule has 1 heterocycles. The Morgan fingerprint density at radius 3 is 2.52 bits per heavy atom. The largest absolute Gasteiger partial charge is 0.490 e. The molecule has 1 aliphatic heterocycles. The quantitative estimate of drug-likeness (QED) is 0.507. The summed E-state index contributed by atoms with van der Waals surface area (Å²) in [6, 6.07) is 7.27. The highest BCUT2D eigenvalue weighted by Gasteiger charge is 2.27. The molecule has 0 bridgehead atoms. The molecule has 0 spiro atoms. The molecule has 0 saturated carbocycles. The van der Waals surface area contributed by atoms with E-state index in [9.17, 15) is 13.2 Å². The van der Waals surface area contributed by atoms with Crippen LogP contribution in [0.3, 0.4) is 0 Å². The maximum absolute atomic E-state index is 14.6. The van der Waals surface area contributed by atoms with Gasteiger partial charge in [0.25, 0.3) is 0 Å². The van der Waals surface area contributed by atoms with E-state index in [1.54, 1.807) is 12.1 Å². The lowest BCUT2D eigenvalue weighted by Gasteiger charge is -2.15. The SMILES string of the molecule is CCCCOc1ccc(-c2ccc(C3CCC(CC)O3)c(F)c2)c(F)c1F. The Hall–Kier alpha value is -2.01. The maximum atomic E-state index is 14.6. The number of hydrogen-bond acceptors (Lipinski definition) is 2. The Labute approximate surface area is 158 Å². The van der Waals surface area contributed by atoms with Crippen LogP contribution in [-0.2, 0) is 4.74 Å². The van der Waals surface area contributed by atoms with Gasteiger partial charge in [0.15, 0.2) is 11.6 Å². The van der Waals surface area contributed by atoms with Gasteiger partial charge in [-0.05, 0) is 49.4 Å². The summed E-state index contributed by atoms with van der Waals surface area (Å²) in [5.41, 5.74) is 0.771. The molecule has 5 heteroatoms. The number of unbranched alkanes of at least 4 members (excludes halogenated alkanes) is 1. The van der Waals surface area contributed by atoms with Gasteiger partial charge < -0.3 is 9.47 Å². The van der Waals surface area contributed by atoms with Crippen molar-refractivity contribution in [2.75, 3.05) is 6.61 Å². The van der Waals surface area contributed by atoms with E-state index in [-0.39, 0.29) is 29.1 Å². The fraction of sp³-hybridized carbons (Fsp3) is 0.455. The molecular weight excluding hydrogens is 353 g/mol. The van der Waals surface area contributed by atoms with Crippen molar-refractivity contribution in [3.05, 3.63) is 53.3 Å². The standard InChI is InChI=1S/C22H25F3O2/c1-3-5-12-26-20-11-9-16(21(24)22(20)25)14-6-8-17(18(23)13-14)19-10-7-15(4-2)27-19/h6,8-9,11,13,15,19H,3-5,7,10,12H2,1-2H3. The van der Waals surface area contributed by atoms with Gasteiger partial charge >= 0.3 is 0 Å². The topological polar surface area (TPSA) is 18.5 Å². The Bertz CT molecular complexity index is 791. The summed E-state index contributed by atoms with van der Waals surface area (Å²) < 4.78 is 54.5. The second-order valence-corrected chi connectivity index (χ2v) is 6.91. The average molecular weight is 378 g/mol. The first-order valence-corrected chi connectivity index (χ1v) is 9.61.